The van der Waals surface area contributed by atoms with Gasteiger partial charge in [-0.1, -0.05) is 31.5 Å². The van der Waals surface area contributed by atoms with E-state index >= 15 is 0 Å². The summed E-state index contributed by atoms with van der Waals surface area (Å²) in [4.78, 5) is 15.7. The van der Waals surface area contributed by atoms with Crippen LogP contribution in [0.15, 0.2) is 30.5 Å². The second kappa shape index (κ2) is 8.57. The first kappa shape index (κ1) is 18.7. The number of hydrogen-bond acceptors (Lipinski definition) is 3. The van der Waals surface area contributed by atoms with Crippen LogP contribution < -0.4 is 0 Å². The highest BCUT2D eigenvalue weighted by Gasteiger charge is 2.28. The van der Waals surface area contributed by atoms with Gasteiger partial charge in [0, 0.05) is 54.8 Å². The van der Waals surface area contributed by atoms with E-state index in [1.807, 2.05) is 0 Å². The first-order chi connectivity index (χ1) is 13.3. The molecule has 0 bridgehead atoms. The number of carbonyl (C=O) groups is 1. The highest BCUT2D eigenvalue weighted by atomic mass is 16.5. The number of carbonyl (C=O) groups excluding carboxylic acids is 1. The molecule has 4 rings (SSSR count). The van der Waals surface area contributed by atoms with Crippen LogP contribution in [0.2, 0.25) is 0 Å². The number of nitrogens with zero attached hydrogens (tertiary/aromatic N) is 2. The van der Waals surface area contributed by atoms with Gasteiger partial charge in [-0.15, -0.1) is 0 Å². The molecule has 2 aliphatic rings. The van der Waals surface area contributed by atoms with Crippen molar-refractivity contribution >= 4 is 16.7 Å². The van der Waals surface area contributed by atoms with Crippen molar-refractivity contribution in [1.29, 1.82) is 0 Å². The SMILES string of the molecule is CCC1CCC(C(=O)c2cn(CCN3CCOCC3)c3ccccc23)CC1. The van der Waals surface area contributed by atoms with Crippen molar-refractivity contribution in [3.63, 3.8) is 0 Å². The summed E-state index contributed by atoms with van der Waals surface area (Å²) in [6.45, 7) is 7.88. The molecule has 1 saturated heterocycles. The number of fused-ring (bicyclic) bond motifs is 1. The van der Waals surface area contributed by atoms with Gasteiger partial charge in [0.1, 0.15) is 0 Å². The maximum Gasteiger partial charge on any atom is 0.168 e. The fourth-order valence-electron chi connectivity index (χ4n) is 4.75. The van der Waals surface area contributed by atoms with Gasteiger partial charge in [0.15, 0.2) is 5.78 Å². The molecule has 2 aromatic rings. The van der Waals surface area contributed by atoms with E-state index in [0.717, 1.165) is 69.1 Å². The Hall–Kier alpha value is -1.65. The first-order valence-corrected chi connectivity index (χ1v) is 10.7. The standard InChI is InChI=1S/C23H32N2O2/c1-2-18-7-9-19(10-8-18)23(26)21-17-25(22-6-4-3-5-20(21)22)12-11-24-13-15-27-16-14-24/h3-6,17-19H,2,7-16H2,1H3. The summed E-state index contributed by atoms with van der Waals surface area (Å²) in [7, 11) is 0. The lowest BCUT2D eigenvalue weighted by molar-refractivity contribution is 0.0365. The van der Waals surface area contributed by atoms with Crippen molar-refractivity contribution < 1.29 is 9.53 Å². The number of aromatic nitrogens is 1. The fourth-order valence-corrected chi connectivity index (χ4v) is 4.75. The van der Waals surface area contributed by atoms with E-state index < -0.39 is 0 Å². The van der Waals surface area contributed by atoms with Gasteiger partial charge in [0.25, 0.3) is 0 Å². The quantitative estimate of drug-likeness (QED) is 0.710. The number of morpholine rings is 1. The van der Waals surface area contributed by atoms with Crippen LogP contribution in [0, 0.1) is 11.8 Å². The van der Waals surface area contributed by atoms with Crippen molar-refractivity contribution in [2.45, 2.75) is 45.6 Å². The smallest absolute Gasteiger partial charge is 0.168 e. The number of benzene rings is 1. The summed E-state index contributed by atoms with van der Waals surface area (Å²) in [6.07, 6.45) is 7.92. The van der Waals surface area contributed by atoms with E-state index in [2.05, 4.69) is 46.9 Å². The van der Waals surface area contributed by atoms with Crippen molar-refractivity contribution in [2.24, 2.45) is 11.8 Å². The molecule has 0 radical (unpaired) electrons. The number of para-hydroxylation sites is 1. The van der Waals surface area contributed by atoms with Crippen LogP contribution in [-0.4, -0.2) is 48.1 Å². The summed E-state index contributed by atoms with van der Waals surface area (Å²) in [5, 5.41) is 1.13. The van der Waals surface area contributed by atoms with Crippen LogP contribution in [0.5, 0.6) is 0 Å². The summed E-state index contributed by atoms with van der Waals surface area (Å²) in [6, 6.07) is 8.40. The van der Waals surface area contributed by atoms with E-state index in [0.29, 0.717) is 5.78 Å². The molecule has 1 aromatic heterocycles. The molecule has 0 unspecified atom stereocenters. The average molecular weight is 369 g/mol. The number of hydrogen-bond donors (Lipinski definition) is 0. The topological polar surface area (TPSA) is 34.5 Å². The predicted octanol–water partition coefficient (Wildman–Crippen LogP) is 4.37. The van der Waals surface area contributed by atoms with Crippen LogP contribution in [0.1, 0.15) is 49.4 Å². The lowest BCUT2D eigenvalue weighted by Crippen LogP contribution is -2.38. The van der Waals surface area contributed by atoms with Crippen LogP contribution in [0.25, 0.3) is 10.9 Å². The Morgan fingerprint density at radius 2 is 1.81 bits per heavy atom. The van der Waals surface area contributed by atoms with Crippen molar-refractivity contribution in [3.05, 3.63) is 36.0 Å². The van der Waals surface area contributed by atoms with Crippen LogP contribution in [-0.2, 0) is 11.3 Å². The second-order valence-corrected chi connectivity index (χ2v) is 8.20. The van der Waals surface area contributed by atoms with Gasteiger partial charge in [-0.25, -0.2) is 0 Å². The Balaban J connectivity index is 1.51. The summed E-state index contributed by atoms with van der Waals surface area (Å²) in [5.74, 6) is 1.40. The van der Waals surface area contributed by atoms with E-state index in [-0.39, 0.29) is 5.92 Å². The zero-order valence-corrected chi connectivity index (χ0v) is 16.5. The van der Waals surface area contributed by atoms with Gasteiger partial charge in [0.2, 0.25) is 0 Å². The number of ether oxygens (including phenoxy) is 1. The van der Waals surface area contributed by atoms with Crippen LogP contribution >= 0.6 is 0 Å². The predicted molar refractivity (Wildman–Crippen MR) is 109 cm³/mol. The van der Waals surface area contributed by atoms with Crippen LogP contribution in [0.4, 0.5) is 0 Å². The third-order valence-electron chi connectivity index (χ3n) is 6.61. The molecule has 2 heterocycles. The van der Waals surface area contributed by atoms with Gasteiger partial charge in [-0.3, -0.25) is 9.69 Å². The molecule has 0 N–H and O–H groups in total. The molecule has 0 amide bonds. The van der Waals surface area contributed by atoms with Crippen molar-refractivity contribution in [1.82, 2.24) is 9.47 Å². The Kier molecular flexibility index (Phi) is 5.94. The highest BCUT2D eigenvalue weighted by Crippen LogP contribution is 2.34. The van der Waals surface area contributed by atoms with E-state index in [1.165, 1.54) is 24.8 Å². The number of rotatable bonds is 6. The lowest BCUT2D eigenvalue weighted by Gasteiger charge is -2.27. The van der Waals surface area contributed by atoms with Crippen molar-refractivity contribution in [3.8, 4) is 0 Å². The molecule has 27 heavy (non-hydrogen) atoms. The molecule has 1 aliphatic heterocycles. The summed E-state index contributed by atoms with van der Waals surface area (Å²) < 4.78 is 7.73. The summed E-state index contributed by atoms with van der Waals surface area (Å²) in [5.41, 5.74) is 2.13. The van der Waals surface area contributed by atoms with Gasteiger partial charge in [-0.05, 0) is 37.7 Å². The fraction of sp³-hybridized carbons (Fsp3) is 0.609. The van der Waals surface area contributed by atoms with E-state index in [9.17, 15) is 4.79 Å². The molecule has 1 aliphatic carbocycles. The molecule has 2 fully saturated rings. The monoisotopic (exact) mass is 368 g/mol. The number of Topliss-reactive ketones (excluding diaryl/α,β-unsaturated/α-hetero) is 1. The molecular weight excluding hydrogens is 336 g/mol. The third-order valence-corrected chi connectivity index (χ3v) is 6.61. The zero-order chi connectivity index (χ0) is 18.6. The zero-order valence-electron chi connectivity index (χ0n) is 16.5. The number of ketones is 1. The molecule has 1 saturated carbocycles. The third kappa shape index (κ3) is 4.12. The maximum atomic E-state index is 13.3. The van der Waals surface area contributed by atoms with Gasteiger partial charge < -0.3 is 9.30 Å². The average Bonchev–Trinajstić information content (AvgIpc) is 3.11. The minimum absolute atomic E-state index is 0.214. The molecule has 1 aromatic carbocycles. The maximum absolute atomic E-state index is 13.3. The van der Waals surface area contributed by atoms with Gasteiger partial charge >= 0.3 is 0 Å². The van der Waals surface area contributed by atoms with Crippen molar-refractivity contribution in [2.75, 3.05) is 32.8 Å². The lowest BCUT2D eigenvalue weighted by atomic mass is 9.78. The largest absolute Gasteiger partial charge is 0.379 e. The summed E-state index contributed by atoms with van der Waals surface area (Å²) >= 11 is 0. The minimum Gasteiger partial charge on any atom is -0.379 e. The highest BCUT2D eigenvalue weighted by molar-refractivity contribution is 6.09. The minimum atomic E-state index is 0.214. The molecule has 4 heteroatoms. The molecule has 146 valence electrons. The van der Waals surface area contributed by atoms with E-state index in [1.54, 1.807) is 0 Å². The Labute approximate surface area is 162 Å². The van der Waals surface area contributed by atoms with E-state index in [4.69, 9.17) is 4.74 Å². The molecular formula is C23H32N2O2. The molecule has 0 spiro atoms. The first-order valence-electron chi connectivity index (χ1n) is 10.7. The second-order valence-electron chi connectivity index (χ2n) is 8.20. The normalized spacial score (nSPS) is 24.3. The Morgan fingerprint density at radius 3 is 2.56 bits per heavy atom. The van der Waals surface area contributed by atoms with Gasteiger partial charge in [0.05, 0.1) is 13.2 Å². The molecule has 0 atom stereocenters. The molecule has 4 nitrogen and oxygen atoms in total. The Morgan fingerprint density at radius 1 is 1.07 bits per heavy atom. The Bertz CT molecular complexity index is 768. The van der Waals surface area contributed by atoms with Gasteiger partial charge in [-0.2, -0.15) is 0 Å². The van der Waals surface area contributed by atoms with Crippen LogP contribution in [0.3, 0.4) is 0 Å².